The minimum absolute atomic E-state index is 0.137. The lowest BCUT2D eigenvalue weighted by Gasteiger charge is -2.04. The van der Waals surface area contributed by atoms with E-state index in [4.69, 9.17) is 0 Å². The highest BCUT2D eigenvalue weighted by Gasteiger charge is 2.09. The molecule has 0 nitrogen and oxygen atoms in total. The van der Waals surface area contributed by atoms with Gasteiger partial charge in [-0.15, -0.1) is 24.0 Å². The molecule has 0 saturated carbocycles. The molecular formula is C10H9FS2. The summed E-state index contributed by atoms with van der Waals surface area (Å²) in [4.78, 5) is 0.791. The average molecular weight is 212 g/mol. The quantitative estimate of drug-likeness (QED) is 0.681. The molecule has 0 radical (unpaired) electrons. The Morgan fingerprint density at radius 2 is 2.31 bits per heavy atom. The van der Waals surface area contributed by atoms with Crippen LogP contribution in [0.1, 0.15) is 12.5 Å². The van der Waals surface area contributed by atoms with Crippen LogP contribution in [0, 0.1) is 5.82 Å². The van der Waals surface area contributed by atoms with Crippen LogP contribution in [0.2, 0.25) is 0 Å². The largest absolute Gasteiger partial charge is 0.207 e. The molecule has 0 aliphatic carbocycles. The van der Waals surface area contributed by atoms with Crippen molar-refractivity contribution in [3.05, 3.63) is 28.9 Å². The second-order valence-electron chi connectivity index (χ2n) is 2.87. The Balaban J connectivity index is 2.85. The van der Waals surface area contributed by atoms with Gasteiger partial charge >= 0.3 is 0 Å². The molecule has 0 fully saturated rings. The van der Waals surface area contributed by atoms with E-state index in [1.807, 2.05) is 18.4 Å². The molecule has 3 heteroatoms. The molecule has 0 N–H and O–H groups in total. The van der Waals surface area contributed by atoms with E-state index in [1.165, 1.54) is 0 Å². The maximum absolute atomic E-state index is 13.4. The summed E-state index contributed by atoms with van der Waals surface area (Å²) < 4.78 is 14.4. The van der Waals surface area contributed by atoms with Crippen molar-refractivity contribution in [2.45, 2.75) is 18.2 Å². The summed E-state index contributed by atoms with van der Waals surface area (Å²) in [6, 6.07) is 3.58. The van der Waals surface area contributed by atoms with E-state index in [2.05, 4.69) is 12.6 Å². The summed E-state index contributed by atoms with van der Waals surface area (Å²) in [5.41, 5.74) is 0.717. The summed E-state index contributed by atoms with van der Waals surface area (Å²) in [5.74, 6) is -0.137. The number of hydrogen-bond acceptors (Lipinski definition) is 2. The Kier molecular flexibility index (Phi) is 2.30. The van der Waals surface area contributed by atoms with Crippen molar-refractivity contribution >= 4 is 34.1 Å². The van der Waals surface area contributed by atoms with E-state index in [0.717, 1.165) is 15.0 Å². The third-order valence-electron chi connectivity index (χ3n) is 2.14. The molecule has 0 atom stereocenters. The van der Waals surface area contributed by atoms with Gasteiger partial charge in [-0.3, -0.25) is 0 Å². The molecule has 0 aliphatic rings. The highest BCUT2D eigenvalue weighted by Crippen LogP contribution is 2.31. The Labute approximate surface area is 85.8 Å². The van der Waals surface area contributed by atoms with Gasteiger partial charge in [0.1, 0.15) is 5.82 Å². The average Bonchev–Trinajstić information content (AvgIpc) is 2.53. The molecule has 1 heterocycles. The minimum atomic E-state index is -0.137. The molecule has 13 heavy (non-hydrogen) atoms. The van der Waals surface area contributed by atoms with E-state index in [1.54, 1.807) is 17.4 Å². The van der Waals surface area contributed by atoms with Crippen molar-refractivity contribution in [3.8, 4) is 0 Å². The fraction of sp³-hybridized carbons (Fsp3) is 0.200. The minimum Gasteiger partial charge on any atom is -0.207 e. The molecule has 0 spiro atoms. The number of halogens is 1. The number of hydrogen-bond donors (Lipinski definition) is 1. The lowest BCUT2D eigenvalue weighted by molar-refractivity contribution is 0.609. The van der Waals surface area contributed by atoms with Gasteiger partial charge in [-0.25, -0.2) is 4.39 Å². The standard InChI is InChI=1S/C10H9FS2/c1-2-6-8(11)5-9-7(10(6)12)3-4-13-9/h3-5,12H,2H2,1H3. The van der Waals surface area contributed by atoms with Crippen LogP contribution < -0.4 is 0 Å². The molecule has 1 aromatic carbocycles. The third-order valence-corrected chi connectivity index (χ3v) is 3.51. The second kappa shape index (κ2) is 3.31. The van der Waals surface area contributed by atoms with Gasteiger partial charge in [0.25, 0.3) is 0 Å². The van der Waals surface area contributed by atoms with Gasteiger partial charge in [0.15, 0.2) is 0 Å². The normalized spacial score (nSPS) is 11.0. The Morgan fingerprint density at radius 3 is 3.00 bits per heavy atom. The first-order chi connectivity index (χ1) is 6.24. The summed E-state index contributed by atoms with van der Waals surface area (Å²) in [6.45, 7) is 1.94. The molecule has 0 amide bonds. The van der Waals surface area contributed by atoms with E-state index >= 15 is 0 Å². The maximum Gasteiger partial charge on any atom is 0.128 e. The molecule has 0 bridgehead atoms. The summed E-state index contributed by atoms with van der Waals surface area (Å²) in [7, 11) is 0. The second-order valence-corrected chi connectivity index (χ2v) is 4.27. The van der Waals surface area contributed by atoms with Crippen molar-refractivity contribution in [3.63, 3.8) is 0 Å². The molecule has 0 aliphatic heterocycles. The van der Waals surface area contributed by atoms with Crippen molar-refractivity contribution < 1.29 is 4.39 Å². The smallest absolute Gasteiger partial charge is 0.128 e. The number of benzene rings is 1. The molecular weight excluding hydrogens is 203 g/mol. The van der Waals surface area contributed by atoms with Crippen LogP contribution in [0.4, 0.5) is 4.39 Å². The zero-order valence-electron chi connectivity index (χ0n) is 7.17. The number of thiophene rings is 1. The third kappa shape index (κ3) is 1.36. The first kappa shape index (κ1) is 9.03. The lowest BCUT2D eigenvalue weighted by Crippen LogP contribution is -1.89. The van der Waals surface area contributed by atoms with Gasteiger partial charge in [0, 0.05) is 20.5 Å². The van der Waals surface area contributed by atoms with Crippen LogP contribution in [0.5, 0.6) is 0 Å². The van der Waals surface area contributed by atoms with Gasteiger partial charge < -0.3 is 0 Å². The van der Waals surface area contributed by atoms with Crippen LogP contribution in [0.3, 0.4) is 0 Å². The highest BCUT2D eigenvalue weighted by molar-refractivity contribution is 7.80. The summed E-state index contributed by atoms with van der Waals surface area (Å²) in [5, 5.41) is 3.02. The van der Waals surface area contributed by atoms with Crippen molar-refractivity contribution in [2.75, 3.05) is 0 Å². The van der Waals surface area contributed by atoms with E-state index in [-0.39, 0.29) is 5.82 Å². The first-order valence-corrected chi connectivity index (χ1v) is 5.44. The topological polar surface area (TPSA) is 0 Å². The molecule has 68 valence electrons. The molecule has 1 aromatic heterocycles. The first-order valence-electron chi connectivity index (χ1n) is 4.11. The highest BCUT2D eigenvalue weighted by atomic mass is 32.1. The van der Waals surface area contributed by atoms with Gasteiger partial charge in [-0.1, -0.05) is 6.92 Å². The van der Waals surface area contributed by atoms with Crippen LogP contribution >= 0.6 is 24.0 Å². The molecule has 2 rings (SSSR count). The van der Waals surface area contributed by atoms with E-state index in [9.17, 15) is 4.39 Å². The predicted molar refractivity (Wildman–Crippen MR) is 58.4 cm³/mol. The Bertz CT molecular complexity index is 445. The Morgan fingerprint density at radius 1 is 1.54 bits per heavy atom. The summed E-state index contributed by atoms with van der Waals surface area (Å²) >= 11 is 5.89. The fourth-order valence-corrected chi connectivity index (χ4v) is 2.80. The van der Waals surface area contributed by atoms with Gasteiger partial charge in [-0.05, 0) is 23.9 Å². The van der Waals surface area contributed by atoms with Gasteiger partial charge in [0.2, 0.25) is 0 Å². The zero-order valence-corrected chi connectivity index (χ0v) is 8.88. The number of rotatable bonds is 1. The van der Waals surface area contributed by atoms with E-state index < -0.39 is 0 Å². The zero-order chi connectivity index (χ0) is 9.42. The van der Waals surface area contributed by atoms with Crippen LogP contribution in [0.15, 0.2) is 22.4 Å². The number of fused-ring (bicyclic) bond motifs is 1. The van der Waals surface area contributed by atoms with Crippen molar-refractivity contribution in [2.24, 2.45) is 0 Å². The predicted octanol–water partition coefficient (Wildman–Crippen LogP) is 3.89. The van der Waals surface area contributed by atoms with Crippen LogP contribution in [0.25, 0.3) is 10.1 Å². The summed E-state index contributed by atoms with van der Waals surface area (Å²) in [6.07, 6.45) is 0.691. The number of thiol groups is 1. The molecule has 2 aromatic rings. The Hall–Kier alpha value is -0.540. The monoisotopic (exact) mass is 212 g/mol. The molecule has 0 saturated heterocycles. The van der Waals surface area contributed by atoms with Gasteiger partial charge in [0.05, 0.1) is 0 Å². The lowest BCUT2D eigenvalue weighted by atomic mass is 10.1. The van der Waals surface area contributed by atoms with Crippen molar-refractivity contribution in [1.82, 2.24) is 0 Å². The van der Waals surface area contributed by atoms with E-state index in [0.29, 0.717) is 12.0 Å². The van der Waals surface area contributed by atoms with Crippen LogP contribution in [-0.4, -0.2) is 0 Å². The van der Waals surface area contributed by atoms with Gasteiger partial charge in [-0.2, -0.15) is 0 Å². The molecule has 0 unspecified atom stereocenters. The fourth-order valence-electron chi connectivity index (χ4n) is 1.44. The SMILES string of the molecule is CCc1c(F)cc2sccc2c1S. The van der Waals surface area contributed by atoms with Crippen LogP contribution in [-0.2, 0) is 6.42 Å². The maximum atomic E-state index is 13.4. The van der Waals surface area contributed by atoms with Crippen molar-refractivity contribution in [1.29, 1.82) is 0 Å².